The van der Waals surface area contributed by atoms with Gasteiger partial charge < -0.3 is 10.2 Å². The van der Waals surface area contributed by atoms with E-state index in [-0.39, 0.29) is 0 Å². The number of hydrogen-bond acceptors (Lipinski definition) is 3. The number of hydrogen-bond donors (Lipinski definition) is 1. The standard InChI is InChI=1S/C8H6N2O2/c9-7(11)6-4-12-8-5(6)2-1-3-10-8/h1-4H,(H2,9,11). The van der Waals surface area contributed by atoms with Crippen molar-refractivity contribution >= 4 is 17.0 Å². The van der Waals surface area contributed by atoms with Gasteiger partial charge in [0, 0.05) is 6.20 Å². The van der Waals surface area contributed by atoms with Gasteiger partial charge in [-0.3, -0.25) is 4.79 Å². The van der Waals surface area contributed by atoms with Crippen LogP contribution in [0.3, 0.4) is 0 Å². The molecule has 0 aliphatic carbocycles. The summed E-state index contributed by atoms with van der Waals surface area (Å²) in [6.45, 7) is 0. The smallest absolute Gasteiger partial charge is 0.252 e. The first-order valence-corrected chi connectivity index (χ1v) is 3.41. The Hall–Kier alpha value is -1.84. The number of carbonyl (C=O) groups is 1. The maximum atomic E-state index is 10.8. The van der Waals surface area contributed by atoms with Crippen molar-refractivity contribution in [1.82, 2.24) is 4.98 Å². The Morgan fingerprint density at radius 2 is 2.42 bits per heavy atom. The van der Waals surface area contributed by atoms with Crippen LogP contribution in [-0.2, 0) is 0 Å². The van der Waals surface area contributed by atoms with Crippen molar-refractivity contribution in [2.45, 2.75) is 0 Å². The summed E-state index contributed by atoms with van der Waals surface area (Å²) in [6, 6.07) is 3.47. The fourth-order valence-electron chi connectivity index (χ4n) is 1.06. The van der Waals surface area contributed by atoms with Gasteiger partial charge in [-0.2, -0.15) is 0 Å². The summed E-state index contributed by atoms with van der Waals surface area (Å²) in [7, 11) is 0. The van der Waals surface area contributed by atoms with E-state index in [1.165, 1.54) is 6.26 Å². The van der Waals surface area contributed by atoms with Crippen LogP contribution in [0.2, 0.25) is 0 Å². The van der Waals surface area contributed by atoms with Crippen molar-refractivity contribution in [2.75, 3.05) is 0 Å². The Morgan fingerprint density at radius 1 is 1.58 bits per heavy atom. The molecule has 4 heteroatoms. The Morgan fingerprint density at radius 3 is 3.17 bits per heavy atom. The zero-order chi connectivity index (χ0) is 8.55. The fraction of sp³-hybridized carbons (Fsp3) is 0. The van der Waals surface area contributed by atoms with Crippen LogP contribution in [0.1, 0.15) is 10.4 Å². The van der Waals surface area contributed by atoms with Gasteiger partial charge in [0.05, 0.1) is 10.9 Å². The summed E-state index contributed by atoms with van der Waals surface area (Å²) < 4.78 is 5.00. The second-order valence-electron chi connectivity index (χ2n) is 2.37. The molecular formula is C8H6N2O2. The predicted molar refractivity (Wildman–Crippen MR) is 42.5 cm³/mol. The minimum Gasteiger partial charge on any atom is -0.445 e. The minimum absolute atomic E-state index is 0.373. The first-order chi connectivity index (χ1) is 5.79. The van der Waals surface area contributed by atoms with Gasteiger partial charge in [0.25, 0.3) is 5.91 Å². The molecule has 0 atom stereocenters. The summed E-state index contributed by atoms with van der Waals surface area (Å²) in [5.74, 6) is -0.498. The van der Waals surface area contributed by atoms with E-state index in [9.17, 15) is 4.79 Å². The Bertz CT molecular complexity index is 433. The third-order valence-electron chi connectivity index (χ3n) is 1.62. The normalized spacial score (nSPS) is 10.3. The Kier molecular flexibility index (Phi) is 1.33. The van der Waals surface area contributed by atoms with Gasteiger partial charge in [-0.15, -0.1) is 0 Å². The lowest BCUT2D eigenvalue weighted by Crippen LogP contribution is -2.09. The first-order valence-electron chi connectivity index (χ1n) is 3.41. The summed E-state index contributed by atoms with van der Waals surface area (Å²) in [6.07, 6.45) is 2.91. The number of aromatic nitrogens is 1. The average Bonchev–Trinajstić information content (AvgIpc) is 2.47. The molecule has 2 aromatic rings. The molecule has 0 fully saturated rings. The van der Waals surface area contributed by atoms with E-state index in [1.807, 2.05) is 0 Å². The lowest BCUT2D eigenvalue weighted by atomic mass is 10.2. The third kappa shape index (κ3) is 0.852. The SMILES string of the molecule is NC(=O)c1coc2ncccc12. The molecule has 0 unspecified atom stereocenters. The maximum absolute atomic E-state index is 10.8. The van der Waals surface area contributed by atoms with Crippen molar-refractivity contribution in [3.8, 4) is 0 Å². The van der Waals surface area contributed by atoms with Gasteiger partial charge in [0.15, 0.2) is 0 Å². The highest BCUT2D eigenvalue weighted by atomic mass is 16.3. The quantitative estimate of drug-likeness (QED) is 0.678. The van der Waals surface area contributed by atoms with Gasteiger partial charge in [0.1, 0.15) is 6.26 Å². The fourth-order valence-corrected chi connectivity index (χ4v) is 1.06. The molecule has 4 nitrogen and oxygen atoms in total. The van der Waals surface area contributed by atoms with Gasteiger partial charge in [0.2, 0.25) is 5.71 Å². The number of fused-ring (bicyclic) bond motifs is 1. The molecule has 1 amide bonds. The summed E-state index contributed by atoms with van der Waals surface area (Å²) in [5, 5.41) is 0.657. The summed E-state index contributed by atoms with van der Waals surface area (Å²) in [5.41, 5.74) is 5.91. The van der Waals surface area contributed by atoms with Crippen LogP contribution in [0.4, 0.5) is 0 Å². The molecule has 0 radical (unpaired) electrons. The van der Waals surface area contributed by atoms with E-state index in [0.717, 1.165) is 0 Å². The molecule has 2 heterocycles. The van der Waals surface area contributed by atoms with Crippen LogP contribution >= 0.6 is 0 Å². The van der Waals surface area contributed by atoms with E-state index in [4.69, 9.17) is 10.2 Å². The first kappa shape index (κ1) is 6.84. The van der Waals surface area contributed by atoms with E-state index in [1.54, 1.807) is 18.3 Å². The zero-order valence-electron chi connectivity index (χ0n) is 6.15. The van der Waals surface area contributed by atoms with Gasteiger partial charge >= 0.3 is 0 Å². The van der Waals surface area contributed by atoms with Crippen LogP contribution in [-0.4, -0.2) is 10.9 Å². The largest absolute Gasteiger partial charge is 0.445 e. The number of primary amides is 1. The molecule has 0 aliphatic heterocycles. The number of amides is 1. The molecule has 2 N–H and O–H groups in total. The molecule has 0 saturated carbocycles. The second kappa shape index (κ2) is 2.34. The monoisotopic (exact) mass is 162 g/mol. The maximum Gasteiger partial charge on any atom is 0.252 e. The van der Waals surface area contributed by atoms with Crippen molar-refractivity contribution in [3.63, 3.8) is 0 Å². The van der Waals surface area contributed by atoms with Crippen LogP contribution < -0.4 is 5.73 Å². The number of nitrogens with zero attached hydrogens (tertiary/aromatic N) is 1. The number of furan rings is 1. The van der Waals surface area contributed by atoms with Crippen LogP contribution in [0.25, 0.3) is 11.1 Å². The zero-order valence-corrected chi connectivity index (χ0v) is 6.15. The van der Waals surface area contributed by atoms with Crippen molar-refractivity contribution in [1.29, 1.82) is 0 Å². The Labute approximate surface area is 68.0 Å². The topological polar surface area (TPSA) is 69.1 Å². The molecule has 0 bridgehead atoms. The minimum atomic E-state index is -0.498. The highest BCUT2D eigenvalue weighted by Gasteiger charge is 2.09. The van der Waals surface area contributed by atoms with E-state index < -0.39 is 5.91 Å². The molecule has 60 valence electrons. The number of rotatable bonds is 1. The van der Waals surface area contributed by atoms with E-state index >= 15 is 0 Å². The molecule has 0 aliphatic rings. The van der Waals surface area contributed by atoms with E-state index in [2.05, 4.69) is 4.98 Å². The molecule has 12 heavy (non-hydrogen) atoms. The van der Waals surface area contributed by atoms with E-state index in [0.29, 0.717) is 16.7 Å². The van der Waals surface area contributed by atoms with Crippen molar-refractivity contribution in [3.05, 3.63) is 30.2 Å². The van der Waals surface area contributed by atoms with Crippen molar-refractivity contribution < 1.29 is 9.21 Å². The van der Waals surface area contributed by atoms with Crippen LogP contribution in [0.5, 0.6) is 0 Å². The van der Waals surface area contributed by atoms with Crippen molar-refractivity contribution in [2.24, 2.45) is 5.73 Å². The second-order valence-corrected chi connectivity index (χ2v) is 2.37. The molecule has 2 rings (SSSR count). The van der Waals surface area contributed by atoms with Gasteiger partial charge in [-0.1, -0.05) is 0 Å². The average molecular weight is 162 g/mol. The predicted octanol–water partition coefficient (Wildman–Crippen LogP) is 0.927. The highest BCUT2D eigenvalue weighted by molar-refractivity contribution is 6.04. The van der Waals surface area contributed by atoms with Crippen LogP contribution in [0.15, 0.2) is 29.0 Å². The molecule has 0 aromatic carbocycles. The molecular weight excluding hydrogens is 156 g/mol. The highest BCUT2D eigenvalue weighted by Crippen LogP contribution is 2.17. The number of nitrogens with two attached hydrogens (primary N) is 1. The van der Waals surface area contributed by atoms with Crippen LogP contribution in [0, 0.1) is 0 Å². The summed E-state index contributed by atoms with van der Waals surface area (Å²) >= 11 is 0. The molecule has 2 aromatic heterocycles. The third-order valence-corrected chi connectivity index (χ3v) is 1.62. The lowest BCUT2D eigenvalue weighted by molar-refractivity contribution is 0.100. The molecule has 0 spiro atoms. The number of carbonyl (C=O) groups excluding carboxylic acids is 1. The Balaban J connectivity index is 2.79. The van der Waals surface area contributed by atoms with Gasteiger partial charge in [-0.25, -0.2) is 4.98 Å². The van der Waals surface area contributed by atoms with Gasteiger partial charge in [-0.05, 0) is 12.1 Å². The number of pyridine rings is 1. The lowest BCUT2D eigenvalue weighted by Gasteiger charge is -1.87. The summed E-state index contributed by atoms with van der Waals surface area (Å²) in [4.78, 5) is 14.7. The molecule has 0 saturated heterocycles.